The van der Waals surface area contributed by atoms with Gasteiger partial charge in [-0.1, -0.05) is 11.6 Å². The highest BCUT2D eigenvalue weighted by Gasteiger charge is 2.40. The first kappa shape index (κ1) is 19.5. The second-order valence-corrected chi connectivity index (χ2v) is 8.52. The summed E-state index contributed by atoms with van der Waals surface area (Å²) in [5.74, 6) is -0.423. The van der Waals surface area contributed by atoms with Crippen LogP contribution in [0.1, 0.15) is 18.4 Å². The molecule has 28 heavy (non-hydrogen) atoms. The van der Waals surface area contributed by atoms with E-state index in [4.69, 9.17) is 16.3 Å². The van der Waals surface area contributed by atoms with Crippen molar-refractivity contribution in [2.24, 2.45) is 5.41 Å². The predicted molar refractivity (Wildman–Crippen MR) is 113 cm³/mol. The van der Waals surface area contributed by atoms with Crippen molar-refractivity contribution in [1.82, 2.24) is 4.90 Å². The lowest BCUT2D eigenvalue weighted by Crippen LogP contribution is -2.54. The lowest BCUT2D eigenvalue weighted by molar-refractivity contribution is -0.116. The molecule has 0 spiro atoms. The quantitative estimate of drug-likeness (QED) is 0.677. The number of hydrogen-bond donors (Lipinski definition) is 2. The Bertz CT molecular complexity index is 835. The van der Waals surface area contributed by atoms with Crippen LogP contribution in [0.5, 0.6) is 0 Å². The molecule has 2 saturated heterocycles. The first-order valence-corrected chi connectivity index (χ1v) is 10.3. The number of rotatable bonds is 7. The first-order chi connectivity index (χ1) is 13.5. The number of anilines is 3. The number of nitrogens with zero attached hydrogens (tertiary/aromatic N) is 1. The summed E-state index contributed by atoms with van der Waals surface area (Å²) in [5, 5.41) is 6.98. The van der Waals surface area contributed by atoms with Crippen LogP contribution in [-0.2, 0) is 4.74 Å². The fourth-order valence-corrected chi connectivity index (χ4v) is 4.14. The number of aryl methyl sites for hydroxylation is 1. The number of benzene rings is 2. The maximum Gasteiger partial charge on any atom is 0.143 e. The van der Waals surface area contributed by atoms with Crippen LogP contribution in [-0.4, -0.2) is 44.3 Å². The zero-order valence-electron chi connectivity index (χ0n) is 16.2. The molecule has 0 unspecified atom stereocenters. The smallest absolute Gasteiger partial charge is 0.143 e. The first-order valence-electron chi connectivity index (χ1n) is 9.90. The standard InChI is InChI=1S/C22H27ClFN3O/c1-16-10-17(26-18-4-6-19(23)20(24)11-18)5-7-21(16)25-12-22(14-28-15-22)13-27-8-2-3-9-27/h4-7,10-11,25-26H,2-3,8-9,12-15H2,1H3. The molecule has 2 aromatic carbocycles. The van der Waals surface area contributed by atoms with E-state index < -0.39 is 5.82 Å². The van der Waals surface area contributed by atoms with E-state index in [2.05, 4.69) is 34.6 Å². The average molecular weight is 404 g/mol. The van der Waals surface area contributed by atoms with Gasteiger partial charge in [0.25, 0.3) is 0 Å². The topological polar surface area (TPSA) is 36.5 Å². The molecule has 2 aliphatic rings. The van der Waals surface area contributed by atoms with E-state index in [1.807, 2.05) is 6.07 Å². The van der Waals surface area contributed by atoms with Crippen LogP contribution in [0.15, 0.2) is 36.4 Å². The molecule has 150 valence electrons. The summed E-state index contributed by atoms with van der Waals surface area (Å²) in [5.41, 5.74) is 4.09. The van der Waals surface area contributed by atoms with Crippen molar-refractivity contribution >= 4 is 28.7 Å². The van der Waals surface area contributed by atoms with Crippen LogP contribution >= 0.6 is 11.6 Å². The SMILES string of the molecule is Cc1cc(Nc2ccc(Cl)c(F)c2)ccc1NCC1(CN2CCCC2)COC1. The van der Waals surface area contributed by atoms with Crippen LogP contribution in [0.2, 0.25) is 5.02 Å². The van der Waals surface area contributed by atoms with E-state index in [0.29, 0.717) is 5.69 Å². The summed E-state index contributed by atoms with van der Waals surface area (Å²) in [6.45, 7) is 8.20. The molecule has 0 radical (unpaired) electrons. The lowest BCUT2D eigenvalue weighted by Gasteiger charge is -2.44. The largest absolute Gasteiger partial charge is 0.384 e. The summed E-state index contributed by atoms with van der Waals surface area (Å²) in [6, 6.07) is 10.9. The second kappa shape index (κ2) is 8.27. The highest BCUT2D eigenvalue weighted by Crippen LogP contribution is 2.32. The number of ether oxygens (including phenoxy) is 1. The van der Waals surface area contributed by atoms with Crippen molar-refractivity contribution in [3.63, 3.8) is 0 Å². The van der Waals surface area contributed by atoms with Crippen LogP contribution in [0.4, 0.5) is 21.5 Å². The zero-order valence-corrected chi connectivity index (χ0v) is 17.0. The Hall–Kier alpha value is -1.82. The Kier molecular flexibility index (Phi) is 5.76. The van der Waals surface area contributed by atoms with Crippen molar-refractivity contribution in [3.8, 4) is 0 Å². The van der Waals surface area contributed by atoms with Crippen molar-refractivity contribution in [1.29, 1.82) is 0 Å². The van der Waals surface area contributed by atoms with Gasteiger partial charge in [-0.2, -0.15) is 0 Å². The molecule has 0 atom stereocenters. The van der Waals surface area contributed by atoms with Crippen molar-refractivity contribution in [2.75, 3.05) is 50.0 Å². The van der Waals surface area contributed by atoms with E-state index in [-0.39, 0.29) is 10.4 Å². The van der Waals surface area contributed by atoms with Gasteiger partial charge in [0.05, 0.1) is 18.2 Å². The van der Waals surface area contributed by atoms with Crippen LogP contribution < -0.4 is 10.6 Å². The molecule has 2 fully saturated rings. The normalized spacial score (nSPS) is 18.7. The molecule has 4 rings (SSSR count). The van der Waals surface area contributed by atoms with Crippen molar-refractivity contribution < 1.29 is 9.13 Å². The summed E-state index contributed by atoms with van der Waals surface area (Å²) >= 11 is 5.75. The molecular weight excluding hydrogens is 377 g/mol. The molecule has 2 N–H and O–H groups in total. The van der Waals surface area contributed by atoms with Gasteiger partial charge in [-0.25, -0.2) is 4.39 Å². The molecular formula is C22H27ClFN3O. The van der Waals surface area contributed by atoms with Gasteiger partial charge in [0.1, 0.15) is 5.82 Å². The Morgan fingerprint density at radius 3 is 2.46 bits per heavy atom. The second-order valence-electron chi connectivity index (χ2n) is 8.11. The van der Waals surface area contributed by atoms with Gasteiger partial charge >= 0.3 is 0 Å². The van der Waals surface area contributed by atoms with Gasteiger partial charge in [-0.3, -0.25) is 0 Å². The maximum absolute atomic E-state index is 13.6. The van der Waals surface area contributed by atoms with Gasteiger partial charge in [0, 0.05) is 35.6 Å². The van der Waals surface area contributed by atoms with Gasteiger partial charge in [-0.05, 0) is 74.8 Å². The molecule has 0 bridgehead atoms. The van der Waals surface area contributed by atoms with Crippen LogP contribution in [0.25, 0.3) is 0 Å². The summed E-state index contributed by atoms with van der Waals surface area (Å²) < 4.78 is 19.2. The third kappa shape index (κ3) is 4.43. The Labute approximate surface area is 171 Å². The summed E-state index contributed by atoms with van der Waals surface area (Å²) in [4.78, 5) is 2.56. The van der Waals surface area contributed by atoms with Crippen molar-refractivity contribution in [3.05, 3.63) is 52.8 Å². The third-order valence-corrected chi connectivity index (χ3v) is 5.97. The molecule has 0 amide bonds. The average Bonchev–Trinajstić information content (AvgIpc) is 3.14. The van der Waals surface area contributed by atoms with Gasteiger partial charge in [0.15, 0.2) is 0 Å². The summed E-state index contributed by atoms with van der Waals surface area (Å²) in [7, 11) is 0. The maximum atomic E-state index is 13.6. The predicted octanol–water partition coefficient (Wildman–Crippen LogP) is 5.06. The number of halogens is 2. The highest BCUT2D eigenvalue weighted by molar-refractivity contribution is 6.30. The molecule has 2 heterocycles. The number of nitrogens with one attached hydrogen (secondary N) is 2. The third-order valence-electron chi connectivity index (χ3n) is 5.66. The molecule has 2 aromatic rings. The van der Waals surface area contributed by atoms with Crippen molar-refractivity contribution in [2.45, 2.75) is 19.8 Å². The minimum atomic E-state index is -0.423. The highest BCUT2D eigenvalue weighted by atomic mass is 35.5. The molecule has 2 aliphatic heterocycles. The minimum Gasteiger partial charge on any atom is -0.384 e. The lowest BCUT2D eigenvalue weighted by atomic mass is 9.85. The fraction of sp³-hybridized carbons (Fsp3) is 0.455. The van der Waals surface area contributed by atoms with Gasteiger partial charge in [0.2, 0.25) is 0 Å². The summed E-state index contributed by atoms with van der Waals surface area (Å²) in [6.07, 6.45) is 2.63. The monoisotopic (exact) mass is 403 g/mol. The van der Waals surface area contributed by atoms with E-state index in [9.17, 15) is 4.39 Å². The number of likely N-dealkylation sites (tertiary alicyclic amines) is 1. The van der Waals surface area contributed by atoms with Gasteiger partial charge in [-0.15, -0.1) is 0 Å². The molecule has 4 nitrogen and oxygen atoms in total. The minimum absolute atomic E-state index is 0.129. The van der Waals surface area contributed by atoms with E-state index in [1.165, 1.54) is 32.0 Å². The Balaban J connectivity index is 1.38. The molecule has 0 aliphatic carbocycles. The van der Waals surface area contributed by atoms with E-state index >= 15 is 0 Å². The van der Waals surface area contributed by atoms with Gasteiger partial charge < -0.3 is 20.3 Å². The molecule has 0 aromatic heterocycles. The zero-order chi connectivity index (χ0) is 19.6. The Morgan fingerprint density at radius 2 is 1.82 bits per heavy atom. The van der Waals surface area contributed by atoms with E-state index in [0.717, 1.165) is 43.2 Å². The Morgan fingerprint density at radius 1 is 1.11 bits per heavy atom. The number of hydrogen-bond acceptors (Lipinski definition) is 4. The van der Waals surface area contributed by atoms with Crippen LogP contribution in [0, 0.1) is 18.2 Å². The molecule has 6 heteroatoms. The fourth-order valence-electron chi connectivity index (χ4n) is 4.02. The van der Waals surface area contributed by atoms with Crippen LogP contribution in [0.3, 0.4) is 0 Å². The van der Waals surface area contributed by atoms with E-state index in [1.54, 1.807) is 12.1 Å². The molecule has 0 saturated carbocycles.